The van der Waals surface area contributed by atoms with Gasteiger partial charge in [0, 0.05) is 13.1 Å². The molecule has 0 atom stereocenters. The number of hydrogen-bond donors (Lipinski definition) is 3. The van der Waals surface area contributed by atoms with E-state index in [0.29, 0.717) is 24.5 Å². The van der Waals surface area contributed by atoms with Gasteiger partial charge in [-0.25, -0.2) is 14.0 Å². The van der Waals surface area contributed by atoms with Crippen LogP contribution in [0.4, 0.5) is 28.9 Å². The van der Waals surface area contributed by atoms with Crippen molar-refractivity contribution in [3.8, 4) is 0 Å². The molecule has 0 heterocycles. The molecule has 7 nitrogen and oxygen atoms in total. The van der Waals surface area contributed by atoms with Crippen LogP contribution in [0.15, 0.2) is 72.8 Å². The number of halogens is 4. The van der Waals surface area contributed by atoms with E-state index in [-0.39, 0.29) is 11.1 Å². The van der Waals surface area contributed by atoms with Gasteiger partial charge in [-0.1, -0.05) is 42.5 Å². The molecule has 11 heteroatoms. The Morgan fingerprint density at radius 1 is 0.917 bits per heavy atom. The number of alkyl halides is 3. The maximum Gasteiger partial charge on any atom is 0.490 e. The fourth-order valence-corrected chi connectivity index (χ4v) is 3.05. The summed E-state index contributed by atoms with van der Waals surface area (Å²) in [7, 11) is 0. The number of amides is 1. The van der Waals surface area contributed by atoms with E-state index in [1.807, 2.05) is 42.2 Å². The number of rotatable bonds is 7. The van der Waals surface area contributed by atoms with Gasteiger partial charge in [-0.15, -0.1) is 0 Å². The SMILES string of the molecule is CCN(Cc1ccccc1)c1ccc(C(=O)O)cc1NC(=O)c1ccccc1F.O=C(O)C(F)(F)F. The number of carbonyl (C=O) groups is 3. The molecule has 0 saturated heterocycles. The average molecular weight is 506 g/mol. The predicted molar refractivity (Wildman–Crippen MR) is 125 cm³/mol. The normalized spacial score (nSPS) is 10.6. The molecule has 0 saturated carbocycles. The Morgan fingerprint density at radius 3 is 2.03 bits per heavy atom. The molecule has 3 rings (SSSR count). The first-order valence-electron chi connectivity index (χ1n) is 10.5. The van der Waals surface area contributed by atoms with Gasteiger partial charge in [-0.05, 0) is 42.8 Å². The van der Waals surface area contributed by atoms with Crippen molar-refractivity contribution in [2.45, 2.75) is 19.6 Å². The molecule has 36 heavy (non-hydrogen) atoms. The van der Waals surface area contributed by atoms with Crippen molar-refractivity contribution in [2.24, 2.45) is 0 Å². The van der Waals surface area contributed by atoms with Gasteiger partial charge in [0.1, 0.15) is 5.82 Å². The van der Waals surface area contributed by atoms with Gasteiger partial charge < -0.3 is 20.4 Å². The highest BCUT2D eigenvalue weighted by molar-refractivity contribution is 6.07. The van der Waals surface area contributed by atoms with Crippen LogP contribution in [0.1, 0.15) is 33.2 Å². The van der Waals surface area contributed by atoms with E-state index >= 15 is 0 Å². The molecule has 1 amide bonds. The highest BCUT2D eigenvalue weighted by atomic mass is 19.4. The molecule has 3 N–H and O–H groups in total. The topological polar surface area (TPSA) is 107 Å². The Hall–Kier alpha value is -4.41. The fraction of sp³-hybridized carbons (Fsp3) is 0.160. The molecule has 0 fully saturated rings. The summed E-state index contributed by atoms with van der Waals surface area (Å²) in [4.78, 5) is 34.9. The van der Waals surface area contributed by atoms with E-state index in [4.69, 9.17) is 9.90 Å². The molecule has 0 radical (unpaired) electrons. The molecular formula is C25H22F4N2O5. The second-order valence-corrected chi connectivity index (χ2v) is 7.27. The number of carboxylic acids is 2. The maximum absolute atomic E-state index is 14.0. The van der Waals surface area contributed by atoms with Crippen molar-refractivity contribution in [3.63, 3.8) is 0 Å². The second-order valence-electron chi connectivity index (χ2n) is 7.27. The Balaban J connectivity index is 0.000000572. The van der Waals surface area contributed by atoms with Crippen LogP contribution in [-0.2, 0) is 11.3 Å². The molecule has 190 valence electrons. The summed E-state index contributed by atoms with van der Waals surface area (Å²) in [6, 6.07) is 20.0. The van der Waals surface area contributed by atoms with Crippen molar-refractivity contribution in [2.75, 3.05) is 16.8 Å². The molecule has 0 aromatic heterocycles. The monoisotopic (exact) mass is 506 g/mol. The van der Waals surface area contributed by atoms with Crippen LogP contribution in [-0.4, -0.2) is 40.8 Å². The summed E-state index contributed by atoms with van der Waals surface area (Å²) in [6.45, 7) is 3.17. The smallest absolute Gasteiger partial charge is 0.478 e. The summed E-state index contributed by atoms with van der Waals surface area (Å²) >= 11 is 0. The van der Waals surface area contributed by atoms with Gasteiger partial charge in [0.15, 0.2) is 0 Å². The Kier molecular flexibility index (Phi) is 9.54. The predicted octanol–water partition coefficient (Wildman–Crippen LogP) is 5.44. The molecule has 0 aliphatic carbocycles. The number of aliphatic carboxylic acids is 1. The number of anilines is 2. The van der Waals surface area contributed by atoms with E-state index in [0.717, 1.165) is 5.56 Å². The van der Waals surface area contributed by atoms with Crippen molar-refractivity contribution in [3.05, 3.63) is 95.3 Å². The van der Waals surface area contributed by atoms with E-state index in [1.54, 1.807) is 12.1 Å². The van der Waals surface area contributed by atoms with Crippen molar-refractivity contribution >= 4 is 29.2 Å². The van der Waals surface area contributed by atoms with Crippen LogP contribution in [0.3, 0.4) is 0 Å². The Morgan fingerprint density at radius 2 is 1.50 bits per heavy atom. The molecule has 3 aromatic carbocycles. The van der Waals surface area contributed by atoms with Crippen LogP contribution < -0.4 is 10.2 Å². The van der Waals surface area contributed by atoms with Crippen LogP contribution in [0, 0.1) is 5.82 Å². The fourth-order valence-electron chi connectivity index (χ4n) is 3.05. The van der Waals surface area contributed by atoms with Crippen LogP contribution >= 0.6 is 0 Å². The van der Waals surface area contributed by atoms with Gasteiger partial charge in [0.05, 0.1) is 22.5 Å². The number of nitrogens with one attached hydrogen (secondary N) is 1. The summed E-state index contributed by atoms with van der Waals surface area (Å²) in [5.74, 6) is -5.14. The largest absolute Gasteiger partial charge is 0.490 e. The second kappa shape index (κ2) is 12.3. The van der Waals surface area contributed by atoms with Crippen LogP contribution in [0.5, 0.6) is 0 Å². The van der Waals surface area contributed by atoms with E-state index in [2.05, 4.69) is 5.32 Å². The summed E-state index contributed by atoms with van der Waals surface area (Å²) in [5.41, 5.74) is 1.98. The minimum Gasteiger partial charge on any atom is -0.478 e. The first kappa shape index (κ1) is 27.8. The van der Waals surface area contributed by atoms with Gasteiger partial charge >= 0.3 is 18.1 Å². The zero-order chi connectivity index (χ0) is 26.9. The van der Waals surface area contributed by atoms with Gasteiger partial charge in [-0.3, -0.25) is 4.79 Å². The lowest BCUT2D eigenvalue weighted by atomic mass is 10.1. The molecular weight excluding hydrogens is 484 g/mol. The third kappa shape index (κ3) is 7.83. The Bertz CT molecular complexity index is 1220. The van der Waals surface area contributed by atoms with Gasteiger partial charge in [0.25, 0.3) is 5.91 Å². The average Bonchev–Trinajstić information content (AvgIpc) is 2.83. The van der Waals surface area contributed by atoms with Crippen molar-refractivity contribution < 1.29 is 42.2 Å². The molecule has 0 spiro atoms. The minimum atomic E-state index is -5.08. The minimum absolute atomic E-state index is 0.0355. The summed E-state index contributed by atoms with van der Waals surface area (Å²) in [6.07, 6.45) is -5.08. The van der Waals surface area contributed by atoms with Gasteiger partial charge in [-0.2, -0.15) is 13.2 Å². The summed E-state index contributed by atoms with van der Waals surface area (Å²) < 4.78 is 45.7. The number of carboxylic acid groups (broad SMARTS) is 2. The molecule has 0 unspecified atom stereocenters. The number of carbonyl (C=O) groups excluding carboxylic acids is 1. The van der Waals surface area contributed by atoms with Crippen LogP contribution in [0.2, 0.25) is 0 Å². The standard InChI is InChI=1S/C23H21FN2O3.C2HF3O2/c1-2-26(15-16-8-4-3-5-9-16)21-13-12-17(23(28)29)14-20(21)25-22(27)18-10-6-7-11-19(18)24;3-2(4,5)1(6)7/h3-14H,2,15H2,1H3,(H,25,27)(H,28,29);(H,6,7). The maximum atomic E-state index is 14.0. The molecule has 0 aliphatic heterocycles. The number of nitrogens with zero attached hydrogens (tertiary/aromatic N) is 1. The number of hydrogen-bond acceptors (Lipinski definition) is 4. The highest BCUT2D eigenvalue weighted by Crippen LogP contribution is 2.29. The zero-order valence-electron chi connectivity index (χ0n) is 18.9. The van der Waals surface area contributed by atoms with E-state index < -0.39 is 29.8 Å². The molecule has 0 aliphatic rings. The quantitative estimate of drug-likeness (QED) is 0.369. The lowest BCUT2D eigenvalue weighted by Gasteiger charge is -2.26. The molecule has 3 aromatic rings. The van der Waals surface area contributed by atoms with Crippen molar-refractivity contribution in [1.82, 2.24) is 0 Å². The first-order chi connectivity index (χ1) is 16.9. The third-order valence-corrected chi connectivity index (χ3v) is 4.79. The van der Waals surface area contributed by atoms with E-state index in [1.165, 1.54) is 30.3 Å². The summed E-state index contributed by atoms with van der Waals surface area (Å²) in [5, 5.41) is 19.1. The van der Waals surface area contributed by atoms with E-state index in [9.17, 15) is 32.3 Å². The third-order valence-electron chi connectivity index (χ3n) is 4.79. The highest BCUT2D eigenvalue weighted by Gasteiger charge is 2.38. The lowest BCUT2D eigenvalue weighted by Crippen LogP contribution is -2.24. The van der Waals surface area contributed by atoms with Crippen molar-refractivity contribution in [1.29, 1.82) is 0 Å². The number of aromatic carboxylic acids is 1. The first-order valence-corrected chi connectivity index (χ1v) is 10.5. The zero-order valence-corrected chi connectivity index (χ0v) is 18.9. The van der Waals surface area contributed by atoms with Crippen LogP contribution in [0.25, 0.3) is 0 Å². The molecule has 0 bridgehead atoms. The van der Waals surface area contributed by atoms with Gasteiger partial charge in [0.2, 0.25) is 0 Å². The lowest BCUT2D eigenvalue weighted by molar-refractivity contribution is -0.192. The Labute approximate surface area is 203 Å². The number of benzene rings is 3.